The van der Waals surface area contributed by atoms with Crippen LogP contribution >= 0.6 is 0 Å². The van der Waals surface area contributed by atoms with Crippen LogP contribution in [0.15, 0.2) is 71.7 Å². The summed E-state index contributed by atoms with van der Waals surface area (Å²) in [5.41, 5.74) is 2.43. The molecule has 168 valence electrons. The predicted octanol–water partition coefficient (Wildman–Crippen LogP) is 3.09. The lowest BCUT2D eigenvalue weighted by atomic mass is 10.2. The van der Waals surface area contributed by atoms with Crippen molar-refractivity contribution in [3.63, 3.8) is 0 Å². The van der Waals surface area contributed by atoms with Crippen LogP contribution in [0.4, 0.5) is 11.4 Å². The van der Waals surface area contributed by atoms with Crippen molar-refractivity contribution in [1.29, 1.82) is 0 Å². The topological polar surface area (TPSA) is 107 Å². The van der Waals surface area contributed by atoms with Crippen molar-refractivity contribution in [3.8, 4) is 5.75 Å². The van der Waals surface area contributed by atoms with E-state index >= 15 is 0 Å². The van der Waals surface area contributed by atoms with E-state index in [0.29, 0.717) is 34.9 Å². The Bertz CT molecular complexity index is 1350. The lowest BCUT2D eigenvalue weighted by molar-refractivity contribution is -0.117. The molecule has 4 aromatic rings. The summed E-state index contributed by atoms with van der Waals surface area (Å²) in [6, 6.07) is 17.5. The van der Waals surface area contributed by atoms with E-state index in [1.165, 1.54) is 10.6 Å². The molecule has 0 radical (unpaired) electrons. The molecule has 9 heteroatoms. The Hall–Kier alpha value is -4.40. The number of amides is 2. The smallest absolute Gasteiger partial charge is 0.350 e. The molecule has 2 aromatic carbocycles. The van der Waals surface area contributed by atoms with Gasteiger partial charge in [-0.1, -0.05) is 17.7 Å². The number of aryl methyl sites for hydroxylation is 1. The molecule has 0 aliphatic rings. The van der Waals surface area contributed by atoms with Crippen molar-refractivity contribution >= 4 is 28.8 Å². The molecule has 2 amide bonds. The second-order valence-corrected chi connectivity index (χ2v) is 7.41. The molecule has 0 atom stereocenters. The van der Waals surface area contributed by atoms with E-state index in [2.05, 4.69) is 15.7 Å². The van der Waals surface area contributed by atoms with Crippen molar-refractivity contribution < 1.29 is 14.3 Å². The monoisotopic (exact) mass is 445 g/mol. The van der Waals surface area contributed by atoms with Crippen LogP contribution in [0.25, 0.3) is 5.65 Å². The third-order valence-electron chi connectivity index (χ3n) is 4.89. The molecule has 0 saturated carbocycles. The van der Waals surface area contributed by atoms with Crippen molar-refractivity contribution in [2.45, 2.75) is 20.4 Å². The number of anilines is 2. The Morgan fingerprint density at radius 2 is 1.61 bits per heavy atom. The summed E-state index contributed by atoms with van der Waals surface area (Å²) >= 11 is 0. The van der Waals surface area contributed by atoms with E-state index in [9.17, 15) is 14.4 Å². The molecular weight excluding hydrogens is 422 g/mol. The van der Waals surface area contributed by atoms with Crippen LogP contribution in [-0.2, 0) is 11.3 Å². The maximum absolute atomic E-state index is 12.7. The number of benzene rings is 2. The summed E-state index contributed by atoms with van der Waals surface area (Å²) in [6.07, 6.45) is 1.41. The van der Waals surface area contributed by atoms with Gasteiger partial charge in [0.15, 0.2) is 5.65 Å². The van der Waals surface area contributed by atoms with Crippen LogP contribution in [-0.4, -0.2) is 32.6 Å². The molecule has 0 unspecified atom stereocenters. The number of nitrogens with one attached hydrogen (secondary N) is 2. The number of carbonyl (C=O) groups excluding carboxylic acids is 2. The van der Waals surface area contributed by atoms with Crippen molar-refractivity contribution in [2.75, 3.05) is 17.2 Å². The van der Waals surface area contributed by atoms with Gasteiger partial charge in [0.2, 0.25) is 5.91 Å². The highest BCUT2D eigenvalue weighted by molar-refractivity contribution is 6.04. The zero-order chi connectivity index (χ0) is 23.4. The standard InChI is InChI=1S/C24H23N5O4/c1-3-33-20-11-9-18(10-12-20)25-22(30)15-29-24(32)28-14-17(6-13-21(28)27-29)23(31)26-19-7-4-16(2)5-8-19/h4-14H,3,15H2,1-2H3,(H,25,30)(H,26,31). The number of hydrogen-bond donors (Lipinski definition) is 2. The van der Waals surface area contributed by atoms with Gasteiger partial charge in [0, 0.05) is 17.6 Å². The van der Waals surface area contributed by atoms with Crippen LogP contribution in [0.5, 0.6) is 5.75 Å². The summed E-state index contributed by atoms with van der Waals surface area (Å²) in [5.74, 6) is -0.0510. The molecule has 2 heterocycles. The van der Waals surface area contributed by atoms with Gasteiger partial charge in [0.1, 0.15) is 12.3 Å². The van der Waals surface area contributed by atoms with E-state index in [1.54, 1.807) is 48.5 Å². The van der Waals surface area contributed by atoms with E-state index < -0.39 is 11.6 Å². The van der Waals surface area contributed by atoms with Gasteiger partial charge in [-0.2, -0.15) is 0 Å². The average molecular weight is 445 g/mol. The Morgan fingerprint density at radius 3 is 2.30 bits per heavy atom. The minimum absolute atomic E-state index is 0.265. The number of aromatic nitrogens is 3. The largest absolute Gasteiger partial charge is 0.494 e. The fraction of sp³-hybridized carbons (Fsp3) is 0.167. The van der Waals surface area contributed by atoms with Crippen LogP contribution in [0.1, 0.15) is 22.8 Å². The van der Waals surface area contributed by atoms with Gasteiger partial charge in [0.05, 0.1) is 12.2 Å². The first-order valence-electron chi connectivity index (χ1n) is 10.4. The first-order chi connectivity index (χ1) is 15.9. The first-order valence-corrected chi connectivity index (χ1v) is 10.4. The normalized spacial score (nSPS) is 10.7. The second-order valence-electron chi connectivity index (χ2n) is 7.41. The number of carbonyl (C=O) groups is 2. The minimum Gasteiger partial charge on any atom is -0.494 e. The van der Waals surface area contributed by atoms with E-state index in [1.807, 2.05) is 26.0 Å². The number of nitrogens with zero attached hydrogens (tertiary/aromatic N) is 3. The van der Waals surface area contributed by atoms with Gasteiger partial charge in [-0.05, 0) is 62.4 Å². The maximum Gasteiger partial charge on any atom is 0.350 e. The molecule has 2 N–H and O–H groups in total. The number of pyridine rings is 1. The number of fused-ring (bicyclic) bond motifs is 1. The summed E-state index contributed by atoms with van der Waals surface area (Å²) in [6.45, 7) is 4.14. The molecular formula is C24H23N5O4. The summed E-state index contributed by atoms with van der Waals surface area (Å²) in [4.78, 5) is 37.7. The summed E-state index contributed by atoms with van der Waals surface area (Å²) in [5, 5.41) is 9.70. The lowest BCUT2D eigenvalue weighted by Crippen LogP contribution is -2.28. The molecule has 0 aliphatic carbocycles. The number of ether oxygens (including phenoxy) is 1. The highest BCUT2D eigenvalue weighted by Crippen LogP contribution is 2.15. The fourth-order valence-corrected chi connectivity index (χ4v) is 3.23. The molecule has 0 saturated heterocycles. The van der Waals surface area contributed by atoms with E-state index in [-0.39, 0.29) is 12.5 Å². The van der Waals surface area contributed by atoms with Gasteiger partial charge in [-0.3, -0.25) is 9.59 Å². The number of hydrogen-bond acceptors (Lipinski definition) is 5. The van der Waals surface area contributed by atoms with Crippen LogP contribution in [0.3, 0.4) is 0 Å². The van der Waals surface area contributed by atoms with Crippen LogP contribution in [0.2, 0.25) is 0 Å². The maximum atomic E-state index is 12.7. The third-order valence-corrected chi connectivity index (χ3v) is 4.89. The van der Waals surface area contributed by atoms with Gasteiger partial charge >= 0.3 is 5.69 Å². The fourth-order valence-electron chi connectivity index (χ4n) is 3.23. The first kappa shape index (κ1) is 21.8. The Balaban J connectivity index is 1.47. The zero-order valence-electron chi connectivity index (χ0n) is 18.2. The van der Waals surface area contributed by atoms with Crippen LogP contribution < -0.4 is 21.1 Å². The SMILES string of the molecule is CCOc1ccc(NC(=O)Cn2nc3ccc(C(=O)Nc4ccc(C)cc4)cn3c2=O)cc1. The third kappa shape index (κ3) is 5.09. The molecule has 0 fully saturated rings. The Labute approximate surface area is 189 Å². The molecule has 4 rings (SSSR count). The van der Waals surface area contributed by atoms with Gasteiger partial charge < -0.3 is 15.4 Å². The molecule has 0 bridgehead atoms. The van der Waals surface area contributed by atoms with Gasteiger partial charge in [-0.15, -0.1) is 5.10 Å². The van der Waals surface area contributed by atoms with Crippen LogP contribution in [0, 0.1) is 6.92 Å². The highest BCUT2D eigenvalue weighted by atomic mass is 16.5. The lowest BCUT2D eigenvalue weighted by Gasteiger charge is -2.06. The summed E-state index contributed by atoms with van der Waals surface area (Å²) < 4.78 is 7.68. The minimum atomic E-state index is -0.517. The summed E-state index contributed by atoms with van der Waals surface area (Å²) in [7, 11) is 0. The molecule has 2 aromatic heterocycles. The van der Waals surface area contributed by atoms with Gasteiger partial charge in [-0.25, -0.2) is 13.9 Å². The number of rotatable bonds is 7. The zero-order valence-corrected chi connectivity index (χ0v) is 18.2. The van der Waals surface area contributed by atoms with E-state index in [0.717, 1.165) is 10.2 Å². The Morgan fingerprint density at radius 1 is 0.939 bits per heavy atom. The average Bonchev–Trinajstić information content (AvgIpc) is 3.11. The quantitative estimate of drug-likeness (QED) is 0.455. The Kier molecular flexibility index (Phi) is 6.21. The molecule has 9 nitrogen and oxygen atoms in total. The molecule has 0 spiro atoms. The van der Waals surface area contributed by atoms with Crippen molar-refractivity contribution in [1.82, 2.24) is 14.2 Å². The van der Waals surface area contributed by atoms with Crippen molar-refractivity contribution in [3.05, 3.63) is 88.5 Å². The second kappa shape index (κ2) is 9.39. The van der Waals surface area contributed by atoms with E-state index in [4.69, 9.17) is 4.74 Å². The highest BCUT2D eigenvalue weighted by Gasteiger charge is 2.14. The molecule has 33 heavy (non-hydrogen) atoms. The predicted molar refractivity (Wildman–Crippen MR) is 125 cm³/mol. The molecule has 0 aliphatic heterocycles. The van der Waals surface area contributed by atoms with Crippen molar-refractivity contribution in [2.24, 2.45) is 0 Å². The van der Waals surface area contributed by atoms with Gasteiger partial charge in [0.25, 0.3) is 5.91 Å².